The molecule has 9 nitrogen and oxygen atoms in total. The van der Waals surface area contributed by atoms with E-state index >= 15 is 0 Å². The second-order valence-electron chi connectivity index (χ2n) is 6.51. The van der Waals surface area contributed by atoms with Crippen LogP contribution >= 0.6 is 0 Å². The zero-order valence-electron chi connectivity index (χ0n) is 15.8. The molecular weight excluding hydrogens is 392 g/mol. The summed E-state index contributed by atoms with van der Waals surface area (Å²) in [5, 5.41) is 12.1. The minimum absolute atomic E-state index is 0.0396. The van der Waals surface area contributed by atoms with Crippen LogP contribution < -0.4 is 15.0 Å². The molecule has 1 fully saturated rings. The van der Waals surface area contributed by atoms with Gasteiger partial charge in [-0.2, -0.15) is 9.97 Å². The van der Waals surface area contributed by atoms with Crippen molar-refractivity contribution in [2.45, 2.75) is 6.61 Å². The summed E-state index contributed by atoms with van der Waals surface area (Å²) in [6.45, 7) is 1.89. The van der Waals surface area contributed by atoms with Crippen molar-refractivity contribution >= 4 is 33.6 Å². The van der Waals surface area contributed by atoms with E-state index in [2.05, 4.69) is 30.2 Å². The topological polar surface area (TPSA) is 113 Å². The normalized spacial score (nSPS) is 14.9. The molecular formula is C19H22N6O3S. The van der Waals surface area contributed by atoms with Crippen molar-refractivity contribution in [2.24, 2.45) is 0 Å². The van der Waals surface area contributed by atoms with Crippen LogP contribution in [0, 0.1) is 0 Å². The highest BCUT2D eigenvalue weighted by Gasteiger charge is 2.22. The maximum Gasteiger partial charge on any atom is 0.244 e. The molecule has 1 aromatic carbocycles. The molecule has 0 amide bonds. The van der Waals surface area contributed by atoms with Crippen molar-refractivity contribution in [1.82, 2.24) is 19.9 Å². The van der Waals surface area contributed by atoms with Crippen molar-refractivity contribution in [3.63, 3.8) is 0 Å². The van der Waals surface area contributed by atoms with Gasteiger partial charge in [0.25, 0.3) is 0 Å². The summed E-state index contributed by atoms with van der Waals surface area (Å²) in [5.74, 6) is 2.57. The van der Waals surface area contributed by atoms with E-state index in [1.165, 1.54) is 6.33 Å². The molecule has 1 aliphatic rings. The van der Waals surface area contributed by atoms with Crippen molar-refractivity contribution < 1.29 is 14.1 Å². The molecule has 0 atom stereocenters. The van der Waals surface area contributed by atoms with Gasteiger partial charge in [-0.25, -0.2) is 9.97 Å². The van der Waals surface area contributed by atoms with Crippen LogP contribution in [0.2, 0.25) is 0 Å². The minimum Gasteiger partial charge on any atom is -0.471 e. The van der Waals surface area contributed by atoms with Crippen LogP contribution in [-0.2, 0) is 17.4 Å². The second kappa shape index (κ2) is 9.10. The lowest BCUT2D eigenvalue weighted by Gasteiger charge is -2.28. The molecule has 0 saturated carbocycles. The minimum atomic E-state index is -0.798. The fourth-order valence-electron chi connectivity index (χ4n) is 3.06. The largest absolute Gasteiger partial charge is 0.471 e. The Balaban J connectivity index is 1.70. The number of nitrogens with one attached hydrogen (secondary N) is 1. The van der Waals surface area contributed by atoms with Crippen molar-refractivity contribution in [1.29, 1.82) is 0 Å². The molecule has 2 N–H and O–H groups in total. The first kappa shape index (κ1) is 19.5. The van der Waals surface area contributed by atoms with E-state index in [-0.39, 0.29) is 6.61 Å². The Hall–Kier alpha value is -2.85. The molecule has 3 heterocycles. The summed E-state index contributed by atoms with van der Waals surface area (Å²) in [4.78, 5) is 19.9. The van der Waals surface area contributed by atoms with Gasteiger partial charge in [0.15, 0.2) is 11.3 Å². The first-order valence-electron chi connectivity index (χ1n) is 9.38. The standard InChI is InChI=1S/C19H22N6O3S/c26-9-6-20-19-23-16-15(17(24-19)25-7-10-29(27)11-8-25)21-13-22-18(16)28-12-14-4-2-1-3-5-14/h1-5,13,26H,6-12H2,(H,20,23,24). The number of fused-ring (bicyclic) bond motifs is 1. The molecule has 0 aliphatic carbocycles. The summed E-state index contributed by atoms with van der Waals surface area (Å²) in [7, 11) is -0.798. The zero-order valence-corrected chi connectivity index (χ0v) is 16.6. The van der Waals surface area contributed by atoms with Gasteiger partial charge in [0.2, 0.25) is 11.8 Å². The van der Waals surface area contributed by atoms with E-state index in [0.717, 1.165) is 5.56 Å². The highest BCUT2D eigenvalue weighted by atomic mass is 32.2. The Kier molecular flexibility index (Phi) is 6.11. The quantitative estimate of drug-likeness (QED) is 0.584. The summed E-state index contributed by atoms with van der Waals surface area (Å²) < 4.78 is 17.7. The number of benzene rings is 1. The molecule has 0 unspecified atom stereocenters. The number of nitrogens with zero attached hydrogens (tertiary/aromatic N) is 5. The fraction of sp³-hybridized carbons (Fsp3) is 0.368. The molecule has 29 heavy (non-hydrogen) atoms. The van der Waals surface area contributed by atoms with Crippen molar-refractivity contribution in [3.8, 4) is 5.88 Å². The molecule has 0 bridgehead atoms. The third kappa shape index (κ3) is 4.60. The van der Waals surface area contributed by atoms with Crippen LogP contribution in [0.4, 0.5) is 11.8 Å². The number of hydrogen-bond acceptors (Lipinski definition) is 9. The molecule has 1 aliphatic heterocycles. The fourth-order valence-corrected chi connectivity index (χ4v) is 4.11. The molecule has 3 aromatic rings. The van der Waals surface area contributed by atoms with Gasteiger partial charge in [-0.1, -0.05) is 30.3 Å². The predicted molar refractivity (Wildman–Crippen MR) is 112 cm³/mol. The summed E-state index contributed by atoms with van der Waals surface area (Å²) >= 11 is 0. The maximum absolute atomic E-state index is 11.8. The Labute approximate surface area is 170 Å². The number of ether oxygens (including phenoxy) is 1. The van der Waals surface area contributed by atoms with E-state index in [9.17, 15) is 4.21 Å². The summed E-state index contributed by atoms with van der Waals surface area (Å²) in [5.41, 5.74) is 2.11. The molecule has 0 radical (unpaired) electrons. The van der Waals surface area contributed by atoms with E-state index < -0.39 is 10.8 Å². The van der Waals surface area contributed by atoms with Crippen LogP contribution in [-0.4, -0.2) is 67.0 Å². The number of hydrogen-bond donors (Lipinski definition) is 2. The molecule has 0 spiro atoms. The first-order chi connectivity index (χ1) is 14.2. The highest BCUT2D eigenvalue weighted by Crippen LogP contribution is 2.29. The van der Waals surface area contributed by atoms with Gasteiger partial charge in [0, 0.05) is 41.9 Å². The molecule has 4 rings (SSSR count). The highest BCUT2D eigenvalue weighted by molar-refractivity contribution is 7.85. The summed E-state index contributed by atoms with van der Waals surface area (Å²) in [6.07, 6.45) is 1.44. The van der Waals surface area contributed by atoms with Gasteiger partial charge < -0.3 is 20.1 Å². The van der Waals surface area contributed by atoms with Crippen LogP contribution in [0.5, 0.6) is 5.88 Å². The van der Waals surface area contributed by atoms with Crippen LogP contribution in [0.3, 0.4) is 0 Å². The van der Waals surface area contributed by atoms with Crippen molar-refractivity contribution in [2.75, 3.05) is 48.0 Å². The Morgan fingerprint density at radius 3 is 2.66 bits per heavy atom. The number of aromatic nitrogens is 4. The number of aliphatic hydroxyl groups is 1. The van der Waals surface area contributed by atoms with Gasteiger partial charge in [0.1, 0.15) is 18.5 Å². The second-order valence-corrected chi connectivity index (χ2v) is 8.20. The predicted octanol–water partition coefficient (Wildman–Crippen LogP) is 0.972. The lowest BCUT2D eigenvalue weighted by atomic mass is 10.2. The van der Waals surface area contributed by atoms with Crippen LogP contribution in [0.15, 0.2) is 36.7 Å². The van der Waals surface area contributed by atoms with Gasteiger partial charge in [-0.3, -0.25) is 4.21 Å². The van der Waals surface area contributed by atoms with Gasteiger partial charge in [0.05, 0.1) is 6.61 Å². The van der Waals surface area contributed by atoms with Gasteiger partial charge >= 0.3 is 0 Å². The van der Waals surface area contributed by atoms with Crippen molar-refractivity contribution in [3.05, 3.63) is 42.2 Å². The molecule has 10 heteroatoms. The number of rotatable bonds is 7. The monoisotopic (exact) mass is 414 g/mol. The van der Waals surface area contributed by atoms with E-state index in [1.54, 1.807) is 0 Å². The average Bonchev–Trinajstić information content (AvgIpc) is 2.77. The maximum atomic E-state index is 11.8. The SMILES string of the molecule is O=S1CCN(c2nc(NCCO)nc3c(OCc4ccccc4)ncnc23)CC1. The Bertz CT molecular complexity index is 994. The molecule has 152 valence electrons. The number of aliphatic hydroxyl groups excluding tert-OH is 1. The molecule has 2 aromatic heterocycles. The smallest absolute Gasteiger partial charge is 0.244 e. The van der Waals surface area contributed by atoms with E-state index in [4.69, 9.17) is 9.84 Å². The van der Waals surface area contributed by atoms with E-state index in [0.29, 0.717) is 66.4 Å². The number of anilines is 2. The zero-order chi connectivity index (χ0) is 20.1. The molecule has 1 saturated heterocycles. The van der Waals surface area contributed by atoms with Gasteiger partial charge in [-0.15, -0.1) is 0 Å². The average molecular weight is 414 g/mol. The van der Waals surface area contributed by atoms with Gasteiger partial charge in [-0.05, 0) is 5.56 Å². The van der Waals surface area contributed by atoms with E-state index in [1.807, 2.05) is 30.3 Å². The third-order valence-corrected chi connectivity index (χ3v) is 5.80. The first-order valence-corrected chi connectivity index (χ1v) is 10.9. The van der Waals surface area contributed by atoms with Crippen LogP contribution in [0.1, 0.15) is 5.56 Å². The lowest BCUT2D eigenvalue weighted by Crippen LogP contribution is -2.38. The summed E-state index contributed by atoms with van der Waals surface area (Å²) in [6, 6.07) is 9.81. The van der Waals surface area contributed by atoms with Crippen LogP contribution in [0.25, 0.3) is 11.0 Å². The third-order valence-electron chi connectivity index (χ3n) is 4.52. The lowest BCUT2D eigenvalue weighted by molar-refractivity contribution is 0.297. The Morgan fingerprint density at radius 2 is 1.90 bits per heavy atom. The Morgan fingerprint density at radius 1 is 1.10 bits per heavy atom.